The van der Waals surface area contributed by atoms with Crippen LogP contribution in [-0.2, 0) is 37.2 Å². The molecule has 0 atom stereocenters. The van der Waals surface area contributed by atoms with E-state index in [1.807, 2.05) is 0 Å². The molecule has 0 radical (unpaired) electrons. The van der Waals surface area contributed by atoms with E-state index < -0.39 is 183 Å². The molecule has 0 aliphatic rings. The molecule has 0 aliphatic heterocycles. The van der Waals surface area contributed by atoms with Crippen LogP contribution in [0.5, 0.6) is 0 Å². The van der Waals surface area contributed by atoms with Gasteiger partial charge in [-0.3, -0.25) is 38.4 Å². The molecule has 20 nitrogen and oxygen atoms in total. The zero-order valence-electron chi connectivity index (χ0n) is 78.3. The van der Waals surface area contributed by atoms with Gasteiger partial charge in [0.1, 0.15) is 0 Å². The van der Waals surface area contributed by atoms with Crippen LogP contribution in [0.1, 0.15) is 217 Å². The van der Waals surface area contributed by atoms with Crippen molar-refractivity contribution in [3.8, 4) is 0 Å². The Kier molecular flexibility index (Phi) is 30.3. The van der Waals surface area contributed by atoms with E-state index in [2.05, 4.69) is 0 Å². The number of fused-ring (bicyclic) bond motifs is 1. The maximum absolute atomic E-state index is 15.6. The molecular formula is C114H100O20P4. The second-order valence-corrected chi connectivity index (χ2v) is 44.8. The summed E-state index contributed by atoms with van der Waals surface area (Å²) in [5, 5.41) is 1.09. The van der Waals surface area contributed by atoms with E-state index in [1.54, 1.807) is 350 Å². The standard InChI is InChI=1S/C114H100O20P4/c1-69-65-73(5)101(111(123)135(127,81-37-21-13-22-38-81)82-39-23-14-24-40-82)77(9)97(69)93(115)57-61-131-107(119)89-53-54-91(109(121)133-63-59-95(117)99-71(3)67-75(7)103(79(99)11)113(125)137(129,85-45-29-17-30-46-85)86-47-31-18-32-48-86)106-92(110(122)134-64-60-96(118)100-72(4)68-76(8)104(80(100)12)114(126)138(130,87-49-33-19-34-50-87)88-51-35-20-36-52-88)56-55-90(105(89)106)108(120)132-62-58-94(116)98-70(2)66-74(6)102(78(98)10)112(124)136(128,83-41-25-15-26-42-83)84-43-27-16-28-44-84/h13-56,65-68H,57-64H2,1-12H3. The fraction of sp³-hybridized carbons (Fsp3) is 0.175. The molecule has 0 bridgehead atoms. The maximum Gasteiger partial charge on any atom is 0.338 e. The van der Waals surface area contributed by atoms with E-state index in [-0.39, 0.29) is 109 Å². The summed E-state index contributed by atoms with van der Waals surface area (Å²) in [5.41, 5.74) is -0.215. The predicted octanol–water partition coefficient (Wildman–Crippen LogP) is 20.9. The van der Waals surface area contributed by atoms with Crippen molar-refractivity contribution in [2.24, 2.45) is 0 Å². The number of Topliss-reactive ketones (excluding diaryl/α,β-unsaturated/α-hetero) is 4. The molecule has 0 spiro atoms. The van der Waals surface area contributed by atoms with Gasteiger partial charge in [-0.05, 0) is 174 Å². The van der Waals surface area contributed by atoms with Crippen molar-refractivity contribution in [1.29, 1.82) is 0 Å². The lowest BCUT2D eigenvalue weighted by molar-refractivity contribution is 0.0472. The van der Waals surface area contributed by atoms with Crippen LogP contribution in [0, 0.1) is 83.1 Å². The lowest BCUT2D eigenvalue weighted by Crippen LogP contribution is -2.24. The first-order chi connectivity index (χ1) is 66.0. The molecule has 14 rings (SSSR count). The van der Waals surface area contributed by atoms with E-state index in [1.165, 1.54) is 0 Å². The Morgan fingerprint density at radius 2 is 0.333 bits per heavy atom. The number of rotatable bonds is 36. The van der Waals surface area contributed by atoms with Gasteiger partial charge in [0.15, 0.2) is 23.1 Å². The van der Waals surface area contributed by atoms with Crippen LogP contribution in [0.3, 0.4) is 0 Å². The molecular weight excluding hydrogens is 1810 g/mol. The summed E-state index contributed by atoms with van der Waals surface area (Å²) in [5.74, 6) is -7.46. The second kappa shape index (κ2) is 42.0. The number of ketones is 4. The maximum atomic E-state index is 15.6. The monoisotopic (exact) mass is 1910 g/mol. The van der Waals surface area contributed by atoms with Crippen LogP contribution < -0.4 is 42.4 Å². The first-order valence-electron chi connectivity index (χ1n) is 44.9. The van der Waals surface area contributed by atoms with Gasteiger partial charge in [0, 0.05) is 123 Å². The van der Waals surface area contributed by atoms with Gasteiger partial charge in [-0.25, -0.2) is 19.2 Å². The average molecular weight is 1910 g/mol. The van der Waals surface area contributed by atoms with Gasteiger partial charge in [0.25, 0.3) is 0 Å². The summed E-state index contributed by atoms with van der Waals surface area (Å²) in [6.07, 6.45) is -2.18. The normalized spacial score (nSPS) is 11.6. The molecule has 0 unspecified atom stereocenters. The third-order valence-electron chi connectivity index (χ3n) is 25.2. The smallest absolute Gasteiger partial charge is 0.338 e. The summed E-state index contributed by atoms with van der Waals surface area (Å²) in [6.45, 7) is 16.9. The van der Waals surface area contributed by atoms with E-state index in [9.17, 15) is 19.2 Å². The third-order valence-corrected chi connectivity index (χ3v) is 36.6. The Balaban J connectivity index is 0.835. The molecule has 0 N–H and O–H groups in total. The Hall–Kier alpha value is -14.5. The van der Waals surface area contributed by atoms with Gasteiger partial charge in [0.2, 0.25) is 50.7 Å². The average Bonchev–Trinajstić information content (AvgIpc) is 0.768. The van der Waals surface area contributed by atoms with E-state index in [0.29, 0.717) is 44.5 Å². The minimum atomic E-state index is -4.14. The van der Waals surface area contributed by atoms with E-state index in [4.69, 9.17) is 18.9 Å². The third kappa shape index (κ3) is 19.2. The van der Waals surface area contributed by atoms with Gasteiger partial charge in [-0.1, -0.05) is 267 Å². The number of carbonyl (C=O) groups is 12. The quantitative estimate of drug-likeness (QED) is 0.0152. The van der Waals surface area contributed by atoms with Gasteiger partial charge < -0.3 is 37.2 Å². The lowest BCUT2D eigenvalue weighted by Gasteiger charge is -2.22. The van der Waals surface area contributed by atoms with Crippen LogP contribution in [0.25, 0.3) is 10.8 Å². The second-order valence-electron chi connectivity index (χ2n) is 34.2. The summed E-state index contributed by atoms with van der Waals surface area (Å²) in [4.78, 5) is 183. The molecule has 0 amide bonds. The van der Waals surface area contributed by atoms with Gasteiger partial charge >= 0.3 is 23.9 Å². The van der Waals surface area contributed by atoms with E-state index in [0.717, 1.165) is 24.3 Å². The Morgan fingerprint density at radius 1 is 0.196 bits per heavy atom. The molecule has 14 aromatic carbocycles. The fourth-order valence-electron chi connectivity index (χ4n) is 19.0. The van der Waals surface area contributed by atoms with Crippen molar-refractivity contribution in [2.45, 2.75) is 109 Å². The first-order valence-corrected chi connectivity index (χ1v) is 51.7. The minimum absolute atomic E-state index is 0.0433. The Labute approximate surface area is 800 Å². The molecule has 0 fully saturated rings. The van der Waals surface area contributed by atoms with Crippen molar-refractivity contribution in [3.05, 3.63) is 425 Å². The topological polar surface area (TPSA) is 310 Å². The summed E-state index contributed by atoms with van der Waals surface area (Å²) in [7, 11) is -16.5. The zero-order valence-corrected chi connectivity index (χ0v) is 81.9. The number of hydrogen-bond acceptors (Lipinski definition) is 20. The van der Waals surface area contributed by atoms with Crippen LogP contribution in [0.2, 0.25) is 0 Å². The van der Waals surface area contributed by atoms with Crippen LogP contribution in [0.15, 0.2) is 291 Å². The van der Waals surface area contributed by atoms with E-state index >= 15 is 56.6 Å². The van der Waals surface area contributed by atoms with Gasteiger partial charge in [-0.2, -0.15) is 0 Å². The largest absolute Gasteiger partial charge is 0.462 e. The molecule has 0 saturated carbocycles. The lowest BCUT2D eigenvalue weighted by atomic mass is 9.90. The fourth-order valence-corrected chi connectivity index (χ4v) is 29.4. The minimum Gasteiger partial charge on any atom is -0.462 e. The first kappa shape index (κ1) is 99.5. The summed E-state index contributed by atoms with van der Waals surface area (Å²) >= 11 is 0. The van der Waals surface area contributed by atoms with Gasteiger partial charge in [0.05, 0.1) is 48.7 Å². The Morgan fingerprint density at radius 3 is 0.478 bits per heavy atom. The number of hydrogen-bond donors (Lipinski definition) is 0. The highest BCUT2D eigenvalue weighted by Crippen LogP contribution is 2.53. The van der Waals surface area contributed by atoms with Crippen molar-refractivity contribution in [3.63, 3.8) is 0 Å². The zero-order chi connectivity index (χ0) is 99.0. The Bertz CT molecular complexity index is 6450. The van der Waals surface area contributed by atoms with Crippen LogP contribution >= 0.6 is 28.6 Å². The molecule has 0 saturated heterocycles. The van der Waals surface area contributed by atoms with Crippen molar-refractivity contribution in [1.82, 2.24) is 0 Å². The number of ether oxygens (including phenoxy) is 4. The van der Waals surface area contributed by atoms with Crippen molar-refractivity contribution < 1.29 is 94.7 Å². The SMILES string of the molecule is Cc1cc(C)c(C(=O)P(=O)(c2ccccc2)c2ccccc2)c(C)c1C(=O)CCOC(=O)c1ccc(C(=O)OCCC(=O)c2c(C)cc(C)c(C(=O)P(=O)(c3ccccc3)c3ccccc3)c2C)c2c(C(=O)OCCC(=O)c3c(C)cc(C)c(C(=O)P(=O)(c4ccccc4)c4ccccc4)c3C)ccc(C(=O)OCCC(=O)c3c(C)cc(C)c(C(=O)P(=O)(c4ccccc4)c4ccccc4)c3C)c12. The molecule has 696 valence electrons. The molecule has 14 aromatic rings. The summed E-state index contributed by atoms with van der Waals surface area (Å²) < 4.78 is 86.5. The highest BCUT2D eigenvalue weighted by atomic mass is 31.2. The van der Waals surface area contributed by atoms with Crippen LogP contribution in [-0.4, -0.2) is 95.5 Å². The number of carbonyl (C=O) groups excluding carboxylic acids is 12. The predicted molar refractivity (Wildman–Crippen MR) is 540 cm³/mol. The van der Waals surface area contributed by atoms with Crippen molar-refractivity contribution >= 4 is 151 Å². The molecule has 24 heteroatoms. The van der Waals surface area contributed by atoms with Crippen molar-refractivity contribution in [2.75, 3.05) is 26.4 Å². The van der Waals surface area contributed by atoms with Gasteiger partial charge in [-0.15, -0.1) is 0 Å². The molecule has 138 heavy (non-hydrogen) atoms. The molecule has 0 heterocycles. The highest BCUT2D eigenvalue weighted by molar-refractivity contribution is 7.95. The molecule has 0 aromatic heterocycles. The summed E-state index contributed by atoms with van der Waals surface area (Å²) in [6, 6.07) is 77.2. The number of esters is 4. The number of aryl methyl sites for hydroxylation is 8. The van der Waals surface area contributed by atoms with Crippen LogP contribution in [0.4, 0.5) is 0 Å². The highest BCUT2D eigenvalue weighted by Gasteiger charge is 2.45. The molecule has 0 aliphatic carbocycles. The number of benzene rings is 14.